The molecule has 0 aliphatic carbocycles. The molecule has 4 aromatic rings. The molecule has 4 rings (SSSR count). The first-order valence-electron chi connectivity index (χ1n) is 11.3. The molecule has 0 saturated carbocycles. The van der Waals surface area contributed by atoms with Crippen LogP contribution in [0.1, 0.15) is 34.6 Å². The monoisotopic (exact) mass is 478 g/mol. The molecular weight excluding hydrogens is 448 g/mol. The number of carbonyl (C=O) groups excluding carboxylic acids is 1. The van der Waals surface area contributed by atoms with E-state index in [9.17, 15) is 9.59 Å². The van der Waals surface area contributed by atoms with E-state index >= 15 is 0 Å². The molecule has 0 atom stereocenters. The van der Waals surface area contributed by atoms with Gasteiger partial charge >= 0.3 is 6.09 Å². The fourth-order valence-corrected chi connectivity index (χ4v) is 4.86. The molecule has 0 saturated heterocycles. The van der Waals surface area contributed by atoms with Gasteiger partial charge in [-0.3, -0.25) is 9.69 Å². The van der Waals surface area contributed by atoms with Crippen molar-refractivity contribution in [3.8, 4) is 16.9 Å². The van der Waals surface area contributed by atoms with Crippen LogP contribution in [0.4, 0.5) is 10.5 Å². The number of amides is 1. The van der Waals surface area contributed by atoms with Gasteiger partial charge in [-0.25, -0.2) is 4.79 Å². The zero-order chi connectivity index (χ0) is 24.6. The number of H-pyrrole nitrogens is 1. The summed E-state index contributed by atoms with van der Waals surface area (Å²) in [4.78, 5) is 30.1. The summed E-state index contributed by atoms with van der Waals surface area (Å²) in [5.74, 6) is 0.986. The molecule has 2 aromatic heterocycles. The lowest BCUT2D eigenvalue weighted by Crippen LogP contribution is -2.39. The normalized spacial score (nSPS) is 11.9. The molecule has 178 valence electrons. The number of pyridine rings is 1. The molecule has 2 aromatic carbocycles. The predicted molar refractivity (Wildman–Crippen MR) is 140 cm³/mol. The summed E-state index contributed by atoms with van der Waals surface area (Å²) < 4.78 is 12.0. The van der Waals surface area contributed by atoms with E-state index in [0.29, 0.717) is 17.0 Å². The Morgan fingerprint density at radius 1 is 1.09 bits per heavy atom. The van der Waals surface area contributed by atoms with Crippen LogP contribution in [-0.2, 0) is 4.74 Å². The molecule has 0 unspecified atom stereocenters. The molecule has 0 aliphatic rings. The van der Waals surface area contributed by atoms with Gasteiger partial charge in [0.05, 0.1) is 7.11 Å². The van der Waals surface area contributed by atoms with E-state index in [1.165, 1.54) is 11.3 Å². The number of rotatable bonds is 5. The third kappa shape index (κ3) is 4.66. The van der Waals surface area contributed by atoms with Crippen LogP contribution in [0.15, 0.2) is 52.6 Å². The maximum Gasteiger partial charge on any atom is 0.414 e. The van der Waals surface area contributed by atoms with Crippen molar-refractivity contribution in [2.45, 2.75) is 40.2 Å². The summed E-state index contributed by atoms with van der Waals surface area (Å²) in [5.41, 5.74) is 2.68. The van der Waals surface area contributed by atoms with Gasteiger partial charge in [0.15, 0.2) is 0 Å². The van der Waals surface area contributed by atoms with Crippen LogP contribution in [0.5, 0.6) is 5.75 Å². The van der Waals surface area contributed by atoms with Gasteiger partial charge in [0.2, 0.25) is 0 Å². The number of carbonyl (C=O) groups is 1. The summed E-state index contributed by atoms with van der Waals surface area (Å²) in [6.07, 6.45) is -0.366. The zero-order valence-corrected chi connectivity index (χ0v) is 21.2. The highest BCUT2D eigenvalue weighted by Gasteiger charge is 2.24. The van der Waals surface area contributed by atoms with E-state index in [2.05, 4.69) is 18.8 Å². The van der Waals surface area contributed by atoms with Crippen LogP contribution in [0.2, 0.25) is 0 Å². The van der Waals surface area contributed by atoms with Crippen molar-refractivity contribution in [3.05, 3.63) is 58.2 Å². The number of aromatic amines is 1. The highest BCUT2D eigenvalue weighted by atomic mass is 32.1. The fraction of sp³-hybridized carbons (Fsp3) is 0.333. The van der Waals surface area contributed by atoms with Gasteiger partial charge in [-0.1, -0.05) is 26.0 Å². The zero-order valence-electron chi connectivity index (χ0n) is 20.4. The van der Waals surface area contributed by atoms with E-state index in [1.54, 1.807) is 12.0 Å². The molecule has 34 heavy (non-hydrogen) atoms. The first-order chi connectivity index (χ1) is 16.1. The maximum absolute atomic E-state index is 12.9. The molecular formula is C27H30N2O4S. The second-order valence-electron chi connectivity index (χ2n) is 9.71. The first-order valence-corrected chi connectivity index (χ1v) is 12.2. The lowest BCUT2D eigenvalue weighted by Gasteiger charge is -2.28. The first kappa shape index (κ1) is 23.8. The number of aromatic nitrogens is 1. The highest BCUT2D eigenvalue weighted by Crippen LogP contribution is 2.40. The minimum absolute atomic E-state index is 0.0920. The van der Waals surface area contributed by atoms with Crippen LogP contribution in [0, 0.1) is 5.92 Å². The van der Waals surface area contributed by atoms with Crippen molar-refractivity contribution in [1.82, 2.24) is 4.98 Å². The maximum atomic E-state index is 12.9. The molecule has 7 heteroatoms. The molecule has 1 amide bonds. The summed E-state index contributed by atoms with van der Waals surface area (Å²) >= 11 is 1.42. The smallest absolute Gasteiger partial charge is 0.414 e. The molecule has 0 fully saturated rings. The molecule has 0 radical (unpaired) electrons. The number of methoxy groups -OCH3 is 1. The van der Waals surface area contributed by atoms with Crippen molar-refractivity contribution in [2.75, 3.05) is 18.6 Å². The summed E-state index contributed by atoms with van der Waals surface area (Å²) in [6.45, 7) is 10.3. The molecule has 0 aliphatic heterocycles. The number of hydrogen-bond acceptors (Lipinski definition) is 5. The molecule has 1 N–H and O–H groups in total. The summed E-state index contributed by atoms with van der Waals surface area (Å²) in [6, 6.07) is 13.5. The lowest BCUT2D eigenvalue weighted by atomic mass is 9.97. The van der Waals surface area contributed by atoms with Gasteiger partial charge in [-0.05, 0) is 68.0 Å². The van der Waals surface area contributed by atoms with Crippen LogP contribution in [-0.4, -0.2) is 30.3 Å². The Hall–Kier alpha value is -3.32. The number of nitrogens with zero attached hydrogens (tertiary/aromatic N) is 1. The van der Waals surface area contributed by atoms with Crippen molar-refractivity contribution < 1.29 is 14.3 Å². The van der Waals surface area contributed by atoms with Crippen molar-refractivity contribution in [1.29, 1.82) is 0 Å². The van der Waals surface area contributed by atoms with Gasteiger partial charge in [-0.15, -0.1) is 11.3 Å². The van der Waals surface area contributed by atoms with Crippen LogP contribution >= 0.6 is 11.3 Å². The van der Waals surface area contributed by atoms with Gasteiger partial charge < -0.3 is 14.5 Å². The number of nitrogens with one attached hydrogen (secondary N) is 1. The molecule has 2 heterocycles. The third-order valence-corrected chi connectivity index (χ3v) is 6.32. The fourth-order valence-electron chi connectivity index (χ4n) is 4.06. The number of benzene rings is 2. The number of anilines is 1. The number of thiophene rings is 1. The second kappa shape index (κ2) is 9.14. The van der Waals surface area contributed by atoms with E-state index < -0.39 is 5.60 Å². The minimum Gasteiger partial charge on any atom is -0.496 e. The number of fused-ring (bicyclic) bond motifs is 3. The Morgan fingerprint density at radius 3 is 2.41 bits per heavy atom. The Balaban J connectivity index is 1.83. The van der Waals surface area contributed by atoms with Crippen molar-refractivity contribution in [2.24, 2.45) is 5.92 Å². The topological polar surface area (TPSA) is 71.6 Å². The molecule has 6 nitrogen and oxygen atoms in total. The van der Waals surface area contributed by atoms with E-state index in [4.69, 9.17) is 9.47 Å². The average Bonchev–Trinajstić information content (AvgIpc) is 3.26. The SMILES string of the molecule is COc1ccc2[nH]c(=O)c3sccc3c2c1-c1ccc(N(CC(C)C)C(=O)OC(C)(C)C)cc1. The number of ether oxygens (including phenoxy) is 2. The van der Waals surface area contributed by atoms with Crippen molar-refractivity contribution >= 4 is 44.1 Å². The van der Waals surface area contributed by atoms with Crippen LogP contribution < -0.4 is 15.2 Å². The van der Waals surface area contributed by atoms with Gasteiger partial charge in [0.25, 0.3) is 5.56 Å². The largest absolute Gasteiger partial charge is 0.496 e. The van der Waals surface area contributed by atoms with Crippen LogP contribution in [0.25, 0.3) is 32.1 Å². The van der Waals surface area contributed by atoms with Crippen LogP contribution in [0.3, 0.4) is 0 Å². The lowest BCUT2D eigenvalue weighted by molar-refractivity contribution is 0.0576. The highest BCUT2D eigenvalue weighted by molar-refractivity contribution is 7.17. The third-order valence-electron chi connectivity index (χ3n) is 5.41. The molecule has 0 bridgehead atoms. The standard InChI is InChI=1S/C27H30N2O4S/c1-16(2)15-29(26(31)33-27(3,4)5)18-9-7-17(8-10-18)22-21(32-6)12-11-20-23(22)19-13-14-34-24(19)25(30)28-20/h7-14,16H,15H2,1-6H3,(H,28,30). The van der Waals surface area contributed by atoms with E-state index in [-0.39, 0.29) is 17.6 Å². The summed E-state index contributed by atoms with van der Waals surface area (Å²) in [5, 5.41) is 3.77. The predicted octanol–water partition coefficient (Wildman–Crippen LogP) is 6.82. The Kier molecular flexibility index (Phi) is 6.41. The minimum atomic E-state index is -0.578. The second-order valence-corrected chi connectivity index (χ2v) is 10.6. The average molecular weight is 479 g/mol. The van der Waals surface area contributed by atoms with Crippen molar-refractivity contribution in [3.63, 3.8) is 0 Å². The van der Waals surface area contributed by atoms with E-state index in [1.807, 2.05) is 68.6 Å². The number of hydrogen-bond donors (Lipinski definition) is 1. The Bertz CT molecular complexity index is 1390. The quantitative estimate of drug-likeness (QED) is 0.342. The summed E-state index contributed by atoms with van der Waals surface area (Å²) in [7, 11) is 1.64. The van der Waals surface area contributed by atoms with E-state index in [0.717, 1.165) is 33.1 Å². The van der Waals surface area contributed by atoms with Gasteiger partial charge in [0.1, 0.15) is 16.1 Å². The van der Waals surface area contributed by atoms with Gasteiger partial charge in [-0.2, -0.15) is 0 Å². The van der Waals surface area contributed by atoms with Gasteiger partial charge in [0, 0.05) is 34.1 Å². The Labute approximate surface area is 203 Å². The molecule has 0 spiro atoms. The Morgan fingerprint density at radius 2 is 1.79 bits per heavy atom.